The molecule has 20 heavy (non-hydrogen) atoms. The van der Waals surface area contributed by atoms with Gasteiger partial charge in [0.1, 0.15) is 0 Å². The zero-order valence-electron chi connectivity index (χ0n) is 12.1. The molecule has 0 fully saturated rings. The number of carbonyl (C=O) groups is 2. The first kappa shape index (κ1) is 16.6. The van der Waals surface area contributed by atoms with E-state index in [1.807, 2.05) is 0 Å². The molecule has 0 atom stereocenters. The number of benzene rings is 1. The molecule has 0 saturated heterocycles. The van der Waals surface area contributed by atoms with Gasteiger partial charge < -0.3 is 10.4 Å². The first-order valence-electron chi connectivity index (χ1n) is 6.61. The summed E-state index contributed by atoms with van der Waals surface area (Å²) in [5.74, 6) is 1.04. The Morgan fingerprint density at radius 2 is 2.05 bits per heavy atom. The van der Waals surface area contributed by atoms with E-state index in [0.29, 0.717) is 22.9 Å². The van der Waals surface area contributed by atoms with Gasteiger partial charge in [0.05, 0.1) is 11.3 Å². The minimum absolute atomic E-state index is 0.0544. The Hall–Kier alpha value is -1.49. The zero-order chi connectivity index (χ0) is 15.1. The van der Waals surface area contributed by atoms with Gasteiger partial charge in [0.2, 0.25) is 5.91 Å². The molecule has 1 aromatic rings. The summed E-state index contributed by atoms with van der Waals surface area (Å²) in [6.07, 6.45) is 1.10. The molecule has 1 rings (SSSR count). The summed E-state index contributed by atoms with van der Waals surface area (Å²) in [7, 11) is 0. The first-order valence-corrected chi connectivity index (χ1v) is 7.77. The summed E-state index contributed by atoms with van der Waals surface area (Å²) >= 11 is 1.62. The highest BCUT2D eigenvalue weighted by Crippen LogP contribution is 2.16. The van der Waals surface area contributed by atoms with Gasteiger partial charge in [0.25, 0.3) is 0 Å². The van der Waals surface area contributed by atoms with Crippen LogP contribution in [-0.2, 0) is 4.79 Å². The number of carboxylic acids is 1. The molecule has 1 aromatic carbocycles. The third-order valence-corrected chi connectivity index (χ3v) is 3.80. The van der Waals surface area contributed by atoms with Crippen molar-refractivity contribution in [3.05, 3.63) is 29.3 Å². The monoisotopic (exact) mass is 295 g/mol. The maximum Gasteiger partial charge on any atom is 0.335 e. The molecular weight excluding hydrogens is 274 g/mol. The van der Waals surface area contributed by atoms with Crippen LogP contribution in [0.1, 0.15) is 36.2 Å². The van der Waals surface area contributed by atoms with E-state index in [1.54, 1.807) is 30.8 Å². The van der Waals surface area contributed by atoms with Crippen LogP contribution in [0, 0.1) is 12.8 Å². The number of thioether (sulfide) groups is 1. The number of carboxylic acid groups (broad SMARTS) is 1. The summed E-state index contributed by atoms with van der Waals surface area (Å²) in [6, 6.07) is 4.81. The lowest BCUT2D eigenvalue weighted by Gasteiger charge is -2.08. The smallest absolute Gasteiger partial charge is 0.335 e. The Morgan fingerprint density at radius 1 is 1.35 bits per heavy atom. The molecule has 110 valence electrons. The Kier molecular flexibility index (Phi) is 6.58. The largest absolute Gasteiger partial charge is 0.478 e. The van der Waals surface area contributed by atoms with Gasteiger partial charge in [-0.3, -0.25) is 4.79 Å². The molecule has 0 aliphatic carbocycles. The Bertz CT molecular complexity index is 486. The number of anilines is 1. The summed E-state index contributed by atoms with van der Waals surface area (Å²) in [6.45, 7) is 6.04. The van der Waals surface area contributed by atoms with Crippen molar-refractivity contribution in [2.24, 2.45) is 5.92 Å². The summed E-state index contributed by atoms with van der Waals surface area (Å²) in [5, 5.41) is 11.7. The summed E-state index contributed by atoms with van der Waals surface area (Å²) in [5.41, 5.74) is 1.54. The zero-order valence-corrected chi connectivity index (χ0v) is 12.9. The number of nitrogens with one attached hydrogen (secondary N) is 1. The van der Waals surface area contributed by atoms with Crippen molar-refractivity contribution in [2.75, 3.05) is 16.8 Å². The fourth-order valence-electron chi connectivity index (χ4n) is 1.66. The van der Waals surface area contributed by atoms with Crippen LogP contribution in [0.25, 0.3) is 0 Å². The molecular formula is C15H21NO3S. The Labute approximate surface area is 124 Å². The van der Waals surface area contributed by atoms with E-state index in [0.717, 1.165) is 12.2 Å². The first-order chi connectivity index (χ1) is 9.40. The van der Waals surface area contributed by atoms with Crippen LogP contribution in [0.4, 0.5) is 5.69 Å². The maximum absolute atomic E-state index is 11.7. The fourth-order valence-corrected chi connectivity index (χ4v) is 2.70. The fraction of sp³-hybridized carbons (Fsp3) is 0.467. The SMILES string of the molecule is Cc1cc(NC(=O)CSCCC(C)C)ccc1C(=O)O. The lowest BCUT2D eigenvalue weighted by atomic mass is 10.1. The van der Waals surface area contributed by atoms with Crippen LogP contribution < -0.4 is 5.32 Å². The van der Waals surface area contributed by atoms with Gasteiger partial charge >= 0.3 is 5.97 Å². The second kappa shape index (κ2) is 7.94. The lowest BCUT2D eigenvalue weighted by molar-refractivity contribution is -0.113. The molecule has 0 spiro atoms. The number of amides is 1. The third kappa shape index (κ3) is 5.65. The van der Waals surface area contributed by atoms with Crippen molar-refractivity contribution in [3.8, 4) is 0 Å². The van der Waals surface area contributed by atoms with Crippen LogP contribution in [-0.4, -0.2) is 28.5 Å². The van der Waals surface area contributed by atoms with E-state index in [4.69, 9.17) is 5.11 Å². The van der Waals surface area contributed by atoms with Gasteiger partial charge in [-0.1, -0.05) is 13.8 Å². The molecule has 4 nitrogen and oxygen atoms in total. The number of rotatable bonds is 7. The van der Waals surface area contributed by atoms with Crippen molar-refractivity contribution in [2.45, 2.75) is 27.2 Å². The maximum atomic E-state index is 11.7. The highest BCUT2D eigenvalue weighted by atomic mass is 32.2. The van der Waals surface area contributed by atoms with E-state index < -0.39 is 5.97 Å². The second-order valence-corrected chi connectivity index (χ2v) is 6.22. The van der Waals surface area contributed by atoms with Gasteiger partial charge in [0.15, 0.2) is 0 Å². The molecule has 0 aliphatic rings. The molecule has 0 aliphatic heterocycles. The van der Waals surface area contributed by atoms with E-state index >= 15 is 0 Å². The van der Waals surface area contributed by atoms with Crippen LogP contribution in [0.2, 0.25) is 0 Å². The molecule has 0 aromatic heterocycles. The summed E-state index contributed by atoms with van der Waals surface area (Å²) < 4.78 is 0. The molecule has 0 unspecified atom stereocenters. The number of aryl methyl sites for hydroxylation is 1. The molecule has 0 saturated carbocycles. The van der Waals surface area contributed by atoms with Crippen LogP contribution in [0.15, 0.2) is 18.2 Å². The van der Waals surface area contributed by atoms with Crippen LogP contribution in [0.5, 0.6) is 0 Å². The molecule has 0 radical (unpaired) electrons. The van der Waals surface area contributed by atoms with Crippen molar-refractivity contribution >= 4 is 29.3 Å². The van der Waals surface area contributed by atoms with Gasteiger partial charge in [-0.15, -0.1) is 0 Å². The minimum Gasteiger partial charge on any atom is -0.478 e. The second-order valence-electron chi connectivity index (χ2n) is 5.12. The molecule has 5 heteroatoms. The van der Waals surface area contributed by atoms with Crippen molar-refractivity contribution in [3.63, 3.8) is 0 Å². The average Bonchev–Trinajstić information content (AvgIpc) is 2.34. The number of hydrogen-bond acceptors (Lipinski definition) is 3. The van der Waals surface area contributed by atoms with E-state index in [-0.39, 0.29) is 11.5 Å². The molecule has 2 N–H and O–H groups in total. The quantitative estimate of drug-likeness (QED) is 0.756. The topological polar surface area (TPSA) is 66.4 Å². The highest BCUT2D eigenvalue weighted by molar-refractivity contribution is 7.99. The Morgan fingerprint density at radius 3 is 2.60 bits per heavy atom. The predicted molar refractivity (Wildman–Crippen MR) is 83.5 cm³/mol. The predicted octanol–water partition coefficient (Wildman–Crippen LogP) is 3.41. The van der Waals surface area contributed by atoms with Crippen molar-refractivity contribution in [1.82, 2.24) is 0 Å². The van der Waals surface area contributed by atoms with Crippen molar-refractivity contribution < 1.29 is 14.7 Å². The number of aromatic carboxylic acids is 1. The minimum atomic E-state index is -0.954. The Balaban J connectivity index is 2.46. The van der Waals surface area contributed by atoms with E-state index in [2.05, 4.69) is 19.2 Å². The normalized spacial score (nSPS) is 10.6. The van der Waals surface area contributed by atoms with Gasteiger partial charge in [-0.2, -0.15) is 11.8 Å². The lowest BCUT2D eigenvalue weighted by Crippen LogP contribution is -2.15. The summed E-state index contributed by atoms with van der Waals surface area (Å²) in [4.78, 5) is 22.6. The number of hydrogen-bond donors (Lipinski definition) is 2. The van der Waals surface area contributed by atoms with Gasteiger partial charge in [0, 0.05) is 5.69 Å². The van der Waals surface area contributed by atoms with E-state index in [9.17, 15) is 9.59 Å². The van der Waals surface area contributed by atoms with Crippen molar-refractivity contribution in [1.29, 1.82) is 0 Å². The molecule has 0 heterocycles. The molecule has 0 bridgehead atoms. The van der Waals surface area contributed by atoms with Crippen LogP contribution >= 0.6 is 11.8 Å². The van der Waals surface area contributed by atoms with Gasteiger partial charge in [-0.05, 0) is 48.8 Å². The average molecular weight is 295 g/mol. The molecule has 1 amide bonds. The van der Waals surface area contributed by atoms with Crippen LogP contribution in [0.3, 0.4) is 0 Å². The standard InChI is InChI=1S/C15H21NO3S/c1-10(2)6-7-20-9-14(17)16-12-4-5-13(15(18)19)11(3)8-12/h4-5,8,10H,6-7,9H2,1-3H3,(H,16,17)(H,18,19). The highest BCUT2D eigenvalue weighted by Gasteiger charge is 2.09. The van der Waals surface area contributed by atoms with E-state index in [1.165, 1.54) is 6.07 Å². The van der Waals surface area contributed by atoms with Gasteiger partial charge in [-0.25, -0.2) is 4.79 Å². The third-order valence-electron chi connectivity index (χ3n) is 2.81. The number of carbonyl (C=O) groups excluding carboxylic acids is 1.